The Labute approximate surface area is 197 Å². The molecule has 1 saturated heterocycles. The average molecular weight is 488 g/mol. The summed E-state index contributed by atoms with van der Waals surface area (Å²) < 4.78 is 40.4. The fraction of sp³-hybridized carbons (Fsp3) is 0.364. The zero-order valence-electron chi connectivity index (χ0n) is 18.5. The minimum absolute atomic E-state index is 0.223. The molecule has 0 amide bonds. The van der Waals surface area contributed by atoms with Crippen LogP contribution in [-0.4, -0.2) is 75.8 Å². The van der Waals surface area contributed by atoms with Gasteiger partial charge in [0.25, 0.3) is 0 Å². The van der Waals surface area contributed by atoms with E-state index in [2.05, 4.69) is 25.4 Å². The first-order valence-corrected chi connectivity index (χ1v) is 12.5. The Bertz CT molecular complexity index is 1160. The van der Waals surface area contributed by atoms with Crippen LogP contribution < -0.4 is 10.4 Å². The highest BCUT2D eigenvalue weighted by Crippen LogP contribution is 2.20. The quantitative estimate of drug-likeness (QED) is 0.432. The smallest absolute Gasteiger partial charge is 0.225 e. The molecule has 1 aliphatic heterocycles. The second-order valence-corrected chi connectivity index (χ2v) is 9.99. The number of benzene rings is 1. The molecule has 1 fully saturated rings. The van der Waals surface area contributed by atoms with E-state index in [4.69, 9.17) is 0 Å². The number of piperazine rings is 1. The number of sulfonamides is 1. The lowest BCUT2D eigenvalue weighted by molar-refractivity contribution is 0.129. The normalized spacial score (nSPS) is 15.9. The van der Waals surface area contributed by atoms with Gasteiger partial charge in [-0.1, -0.05) is 12.1 Å². The summed E-state index contributed by atoms with van der Waals surface area (Å²) >= 11 is 0. The molecular formula is C22H26FN7O3S. The van der Waals surface area contributed by atoms with E-state index in [0.29, 0.717) is 50.8 Å². The summed E-state index contributed by atoms with van der Waals surface area (Å²) in [5.41, 5.74) is 3.70. The summed E-state index contributed by atoms with van der Waals surface area (Å²) in [5, 5.41) is 9.46. The summed E-state index contributed by atoms with van der Waals surface area (Å²) in [6.45, 7) is 1.49. The first-order valence-electron chi connectivity index (χ1n) is 10.9. The van der Waals surface area contributed by atoms with Gasteiger partial charge in [-0.05, 0) is 30.2 Å². The predicted octanol–water partition coefficient (Wildman–Crippen LogP) is 1.50. The van der Waals surface area contributed by atoms with Crippen LogP contribution in [0.3, 0.4) is 0 Å². The molecule has 12 heteroatoms. The van der Waals surface area contributed by atoms with Gasteiger partial charge >= 0.3 is 0 Å². The van der Waals surface area contributed by atoms with Crippen molar-refractivity contribution in [3.63, 3.8) is 0 Å². The molecule has 0 radical (unpaired) electrons. The Morgan fingerprint density at radius 1 is 0.971 bits per heavy atom. The first kappa shape index (κ1) is 24.1. The number of aryl methyl sites for hydroxylation is 1. The SMILES string of the molecule is O=S(=O)(CC(CCc1ncccn1)NO)N1CCN(c2ncc(-c3ccc(F)cc3)cn2)CC1. The zero-order chi connectivity index (χ0) is 24.0. The van der Waals surface area contributed by atoms with Gasteiger partial charge in [0, 0.05) is 69.0 Å². The van der Waals surface area contributed by atoms with E-state index in [9.17, 15) is 18.0 Å². The fourth-order valence-corrected chi connectivity index (χ4v) is 5.43. The van der Waals surface area contributed by atoms with Crippen LogP contribution in [0, 0.1) is 5.82 Å². The van der Waals surface area contributed by atoms with Crippen LogP contribution in [0.2, 0.25) is 0 Å². The van der Waals surface area contributed by atoms with Crippen LogP contribution in [0.15, 0.2) is 55.1 Å². The molecule has 0 spiro atoms. The average Bonchev–Trinajstić information content (AvgIpc) is 2.88. The molecule has 180 valence electrons. The molecule has 3 aromatic rings. The van der Waals surface area contributed by atoms with E-state index in [1.165, 1.54) is 16.4 Å². The van der Waals surface area contributed by atoms with Gasteiger partial charge in [0.15, 0.2) is 0 Å². The molecule has 0 bridgehead atoms. The van der Waals surface area contributed by atoms with Crippen LogP contribution >= 0.6 is 0 Å². The number of halogens is 1. The van der Waals surface area contributed by atoms with E-state index in [1.54, 1.807) is 43.0 Å². The molecule has 1 atom stereocenters. The molecule has 4 rings (SSSR count). The van der Waals surface area contributed by atoms with E-state index in [-0.39, 0.29) is 11.6 Å². The predicted molar refractivity (Wildman–Crippen MR) is 124 cm³/mol. The topological polar surface area (TPSA) is 124 Å². The van der Waals surface area contributed by atoms with Gasteiger partial charge in [-0.25, -0.2) is 38.2 Å². The van der Waals surface area contributed by atoms with Crippen molar-refractivity contribution in [1.29, 1.82) is 0 Å². The highest BCUT2D eigenvalue weighted by Gasteiger charge is 2.30. The van der Waals surface area contributed by atoms with Crippen LogP contribution in [-0.2, 0) is 16.4 Å². The van der Waals surface area contributed by atoms with Gasteiger partial charge in [0.1, 0.15) is 11.6 Å². The van der Waals surface area contributed by atoms with Crippen LogP contribution in [0.4, 0.5) is 10.3 Å². The summed E-state index contributed by atoms with van der Waals surface area (Å²) in [6.07, 6.45) is 7.43. The van der Waals surface area contributed by atoms with E-state index in [0.717, 1.165) is 11.1 Å². The Balaban J connectivity index is 1.31. The minimum Gasteiger partial charge on any atom is -0.338 e. The van der Waals surface area contributed by atoms with Gasteiger partial charge in [0.05, 0.1) is 5.75 Å². The van der Waals surface area contributed by atoms with Crippen LogP contribution in [0.1, 0.15) is 12.2 Å². The number of hydrogen-bond acceptors (Lipinski definition) is 9. The molecule has 1 unspecified atom stereocenters. The second kappa shape index (κ2) is 10.9. The molecule has 2 aromatic heterocycles. The third kappa shape index (κ3) is 6.08. The van der Waals surface area contributed by atoms with Crippen molar-refractivity contribution in [2.75, 3.05) is 36.8 Å². The summed E-state index contributed by atoms with van der Waals surface area (Å²) in [5.74, 6) is 0.583. The van der Waals surface area contributed by atoms with Crippen molar-refractivity contribution in [3.05, 3.63) is 66.8 Å². The lowest BCUT2D eigenvalue weighted by Gasteiger charge is -2.34. The second-order valence-electron chi connectivity index (χ2n) is 7.97. The highest BCUT2D eigenvalue weighted by atomic mass is 32.2. The maximum atomic E-state index is 13.1. The number of nitrogens with one attached hydrogen (secondary N) is 1. The third-order valence-electron chi connectivity index (χ3n) is 5.66. The third-order valence-corrected chi connectivity index (χ3v) is 7.64. The first-order chi connectivity index (χ1) is 16.4. The minimum atomic E-state index is -3.58. The van der Waals surface area contributed by atoms with Crippen molar-refractivity contribution >= 4 is 16.0 Å². The number of aromatic nitrogens is 4. The van der Waals surface area contributed by atoms with Gasteiger partial charge in [-0.15, -0.1) is 0 Å². The van der Waals surface area contributed by atoms with Crippen LogP contribution in [0.25, 0.3) is 11.1 Å². The van der Waals surface area contributed by atoms with Gasteiger partial charge < -0.3 is 10.1 Å². The van der Waals surface area contributed by atoms with Crippen molar-refractivity contribution in [1.82, 2.24) is 29.7 Å². The summed E-state index contributed by atoms with van der Waals surface area (Å²) in [6, 6.07) is 7.18. The monoisotopic (exact) mass is 487 g/mol. The van der Waals surface area contributed by atoms with Gasteiger partial charge in [-0.3, -0.25) is 0 Å². The van der Waals surface area contributed by atoms with Crippen molar-refractivity contribution in [2.24, 2.45) is 0 Å². The Morgan fingerprint density at radius 2 is 1.62 bits per heavy atom. The highest BCUT2D eigenvalue weighted by molar-refractivity contribution is 7.89. The van der Waals surface area contributed by atoms with Gasteiger partial charge in [0.2, 0.25) is 16.0 Å². The molecule has 0 aliphatic carbocycles. The molecule has 3 heterocycles. The maximum Gasteiger partial charge on any atom is 0.225 e. The maximum absolute atomic E-state index is 13.1. The standard InChI is InChI=1S/C22H26FN7O3S/c23-19-4-2-17(3-5-19)18-14-26-22(27-15-18)29-10-12-30(13-11-29)34(32,33)16-20(28-31)6-7-21-24-8-1-9-25-21/h1-5,8-9,14-15,20,28,31H,6-7,10-13,16H2. The fourth-order valence-electron chi connectivity index (χ4n) is 3.75. The Kier molecular flexibility index (Phi) is 7.73. The van der Waals surface area contributed by atoms with Crippen molar-refractivity contribution in [2.45, 2.75) is 18.9 Å². The molecular weight excluding hydrogens is 461 g/mol. The molecule has 34 heavy (non-hydrogen) atoms. The van der Waals surface area contributed by atoms with E-state index >= 15 is 0 Å². The van der Waals surface area contributed by atoms with E-state index in [1.807, 2.05) is 4.90 Å². The zero-order valence-corrected chi connectivity index (χ0v) is 19.3. The Hall–Kier alpha value is -3.06. The lowest BCUT2D eigenvalue weighted by Crippen LogP contribution is -2.51. The largest absolute Gasteiger partial charge is 0.338 e. The molecule has 0 saturated carbocycles. The molecule has 10 nitrogen and oxygen atoms in total. The number of rotatable bonds is 9. The molecule has 1 aromatic carbocycles. The number of hydrogen-bond donors (Lipinski definition) is 2. The number of nitrogens with zero attached hydrogens (tertiary/aromatic N) is 6. The number of hydroxylamine groups is 1. The Morgan fingerprint density at radius 3 is 2.24 bits per heavy atom. The number of anilines is 1. The van der Waals surface area contributed by atoms with Crippen molar-refractivity contribution < 1.29 is 18.0 Å². The lowest BCUT2D eigenvalue weighted by atomic mass is 10.1. The molecule has 2 N–H and O–H groups in total. The summed E-state index contributed by atoms with van der Waals surface area (Å²) in [4.78, 5) is 19.0. The van der Waals surface area contributed by atoms with Crippen molar-refractivity contribution in [3.8, 4) is 11.1 Å². The molecule has 1 aliphatic rings. The van der Waals surface area contributed by atoms with Gasteiger partial charge in [-0.2, -0.15) is 4.31 Å². The van der Waals surface area contributed by atoms with Crippen LogP contribution in [0.5, 0.6) is 0 Å². The summed E-state index contributed by atoms with van der Waals surface area (Å²) in [7, 11) is -3.58. The van der Waals surface area contributed by atoms with E-state index < -0.39 is 16.1 Å².